The van der Waals surface area contributed by atoms with Crippen LogP contribution in [0.2, 0.25) is 0 Å². The van der Waals surface area contributed by atoms with Crippen molar-refractivity contribution in [2.24, 2.45) is 0 Å². The maximum atomic E-state index is 4.54. The minimum Gasteiger partial charge on any atom is -0.351 e. The molecule has 7 nitrogen and oxygen atoms in total. The molecule has 0 bridgehead atoms. The van der Waals surface area contributed by atoms with E-state index in [1.807, 2.05) is 14.0 Å². The predicted octanol–water partition coefficient (Wildman–Crippen LogP) is 1.14. The van der Waals surface area contributed by atoms with E-state index >= 15 is 0 Å². The molecule has 1 saturated heterocycles. The Kier molecular flexibility index (Phi) is 6.79. The highest BCUT2D eigenvalue weighted by Gasteiger charge is 2.15. The normalized spacial score (nSPS) is 17.2. The van der Waals surface area contributed by atoms with Crippen molar-refractivity contribution in [2.45, 2.75) is 51.6 Å². The zero-order chi connectivity index (χ0) is 15.8. The van der Waals surface area contributed by atoms with E-state index in [0.717, 1.165) is 51.1 Å². The summed E-state index contributed by atoms with van der Waals surface area (Å²) in [6.07, 6.45) is 4.30. The summed E-state index contributed by atoms with van der Waals surface area (Å²) in [7, 11) is 1.97. The van der Waals surface area contributed by atoms with Crippen LogP contribution in [0.1, 0.15) is 38.4 Å². The standard InChI is InChI=1S/C15H29N7/c1-4-12(5-8-16-3)20-14-18-11(2)19-15(22-14)21-13-6-9-17-10-7-13/h12-13,16-17H,4-10H2,1-3H3,(H2,18,19,20,21,22). The molecule has 1 aromatic rings. The van der Waals surface area contributed by atoms with Crippen molar-refractivity contribution in [3.05, 3.63) is 5.82 Å². The van der Waals surface area contributed by atoms with Crippen molar-refractivity contribution in [3.8, 4) is 0 Å². The Labute approximate surface area is 133 Å². The minimum absolute atomic E-state index is 0.376. The van der Waals surface area contributed by atoms with Gasteiger partial charge in [0, 0.05) is 12.1 Å². The van der Waals surface area contributed by atoms with Gasteiger partial charge >= 0.3 is 0 Å². The SMILES string of the molecule is CCC(CCNC)Nc1nc(C)nc(NC2CCNCC2)n1. The van der Waals surface area contributed by atoms with Gasteiger partial charge in [-0.05, 0) is 59.3 Å². The number of rotatable bonds is 8. The Balaban J connectivity index is 1.98. The monoisotopic (exact) mass is 307 g/mol. The second kappa shape index (κ2) is 8.85. The Morgan fingerprint density at radius 1 is 1.18 bits per heavy atom. The van der Waals surface area contributed by atoms with Crippen LogP contribution in [0, 0.1) is 6.92 Å². The summed E-state index contributed by atoms with van der Waals surface area (Å²) in [5.74, 6) is 2.11. The van der Waals surface area contributed by atoms with Gasteiger partial charge in [-0.25, -0.2) is 0 Å². The third-order valence-electron chi connectivity index (χ3n) is 3.99. The van der Waals surface area contributed by atoms with Crippen LogP contribution in [0.3, 0.4) is 0 Å². The third kappa shape index (κ3) is 5.38. The van der Waals surface area contributed by atoms with Crippen molar-refractivity contribution in [1.82, 2.24) is 25.6 Å². The Bertz CT molecular complexity index is 446. The summed E-state index contributed by atoms with van der Waals surface area (Å²) in [5, 5.41) is 13.4. The molecule has 1 unspecified atom stereocenters. The summed E-state index contributed by atoms with van der Waals surface area (Å²) in [5.41, 5.74) is 0. The van der Waals surface area contributed by atoms with Crippen molar-refractivity contribution >= 4 is 11.9 Å². The molecule has 0 aliphatic carbocycles. The van der Waals surface area contributed by atoms with Gasteiger partial charge in [-0.3, -0.25) is 0 Å². The maximum absolute atomic E-state index is 4.54. The first-order valence-electron chi connectivity index (χ1n) is 8.32. The molecule has 1 aliphatic heterocycles. The van der Waals surface area contributed by atoms with E-state index in [1.165, 1.54) is 0 Å². The lowest BCUT2D eigenvalue weighted by Gasteiger charge is -2.24. The molecule has 2 heterocycles. The molecule has 1 fully saturated rings. The first-order chi connectivity index (χ1) is 10.7. The number of hydrogen-bond donors (Lipinski definition) is 4. The first-order valence-corrected chi connectivity index (χ1v) is 8.32. The molecule has 1 atom stereocenters. The fourth-order valence-electron chi connectivity index (χ4n) is 2.64. The number of anilines is 2. The average Bonchev–Trinajstić information content (AvgIpc) is 2.52. The van der Waals surface area contributed by atoms with E-state index in [9.17, 15) is 0 Å². The molecule has 1 aliphatic rings. The largest absolute Gasteiger partial charge is 0.351 e. The van der Waals surface area contributed by atoms with Crippen LogP contribution >= 0.6 is 0 Å². The van der Waals surface area contributed by atoms with Gasteiger partial charge in [-0.1, -0.05) is 6.92 Å². The highest BCUT2D eigenvalue weighted by atomic mass is 15.2. The van der Waals surface area contributed by atoms with Crippen molar-refractivity contribution < 1.29 is 0 Å². The van der Waals surface area contributed by atoms with Crippen LogP contribution < -0.4 is 21.3 Å². The van der Waals surface area contributed by atoms with Crippen molar-refractivity contribution in [2.75, 3.05) is 37.3 Å². The van der Waals surface area contributed by atoms with E-state index < -0.39 is 0 Å². The van der Waals surface area contributed by atoms with Gasteiger partial charge in [0.1, 0.15) is 5.82 Å². The highest BCUT2D eigenvalue weighted by molar-refractivity contribution is 5.36. The van der Waals surface area contributed by atoms with Crippen LogP contribution in [0.25, 0.3) is 0 Å². The highest BCUT2D eigenvalue weighted by Crippen LogP contribution is 2.13. The molecule has 124 valence electrons. The predicted molar refractivity (Wildman–Crippen MR) is 90.3 cm³/mol. The second-order valence-electron chi connectivity index (χ2n) is 5.84. The van der Waals surface area contributed by atoms with Gasteiger partial charge in [-0.15, -0.1) is 0 Å². The van der Waals surface area contributed by atoms with Gasteiger partial charge in [0.05, 0.1) is 0 Å². The number of piperidine rings is 1. The number of aromatic nitrogens is 3. The Hall–Kier alpha value is -1.47. The zero-order valence-corrected chi connectivity index (χ0v) is 13.9. The van der Waals surface area contributed by atoms with Crippen LogP contribution in [0.5, 0.6) is 0 Å². The first kappa shape index (κ1) is 16.9. The van der Waals surface area contributed by atoms with Gasteiger partial charge in [0.15, 0.2) is 0 Å². The topological polar surface area (TPSA) is 86.8 Å². The Morgan fingerprint density at radius 2 is 1.91 bits per heavy atom. The molecule has 0 radical (unpaired) electrons. The molecular weight excluding hydrogens is 278 g/mol. The fraction of sp³-hybridized carbons (Fsp3) is 0.800. The molecular formula is C15H29N7. The van der Waals surface area contributed by atoms with E-state index in [4.69, 9.17) is 0 Å². The maximum Gasteiger partial charge on any atom is 0.227 e. The lowest BCUT2D eigenvalue weighted by Crippen LogP contribution is -2.36. The summed E-state index contributed by atoms with van der Waals surface area (Å²) < 4.78 is 0. The van der Waals surface area contributed by atoms with Gasteiger partial charge in [-0.2, -0.15) is 15.0 Å². The molecule has 22 heavy (non-hydrogen) atoms. The van der Waals surface area contributed by atoms with E-state index in [0.29, 0.717) is 24.0 Å². The summed E-state index contributed by atoms with van der Waals surface area (Å²) in [6.45, 7) is 7.17. The molecule has 4 N–H and O–H groups in total. The van der Waals surface area contributed by atoms with Crippen LogP contribution in [0.15, 0.2) is 0 Å². The fourth-order valence-corrected chi connectivity index (χ4v) is 2.64. The Morgan fingerprint density at radius 3 is 2.59 bits per heavy atom. The minimum atomic E-state index is 0.376. The molecule has 1 aromatic heterocycles. The smallest absolute Gasteiger partial charge is 0.227 e. The van der Waals surface area contributed by atoms with Crippen molar-refractivity contribution in [1.29, 1.82) is 0 Å². The molecule has 7 heteroatoms. The zero-order valence-electron chi connectivity index (χ0n) is 13.9. The van der Waals surface area contributed by atoms with Gasteiger partial charge < -0.3 is 21.3 Å². The average molecular weight is 307 g/mol. The molecule has 0 amide bonds. The molecule has 0 aromatic carbocycles. The molecule has 0 saturated carbocycles. The summed E-state index contributed by atoms with van der Waals surface area (Å²) >= 11 is 0. The number of nitrogens with one attached hydrogen (secondary N) is 4. The van der Waals surface area contributed by atoms with E-state index in [2.05, 4.69) is 43.1 Å². The van der Waals surface area contributed by atoms with Gasteiger partial charge in [0.2, 0.25) is 11.9 Å². The quantitative estimate of drug-likeness (QED) is 0.573. The lowest BCUT2D eigenvalue weighted by molar-refractivity contribution is 0.477. The van der Waals surface area contributed by atoms with E-state index in [-0.39, 0.29) is 0 Å². The molecule has 0 spiro atoms. The third-order valence-corrected chi connectivity index (χ3v) is 3.99. The molecule has 2 rings (SSSR count). The number of hydrogen-bond acceptors (Lipinski definition) is 7. The van der Waals surface area contributed by atoms with Crippen LogP contribution in [-0.2, 0) is 0 Å². The van der Waals surface area contributed by atoms with Gasteiger partial charge in [0.25, 0.3) is 0 Å². The lowest BCUT2D eigenvalue weighted by atomic mass is 10.1. The number of aryl methyl sites for hydroxylation is 1. The summed E-state index contributed by atoms with van der Waals surface area (Å²) in [4.78, 5) is 13.4. The van der Waals surface area contributed by atoms with Crippen molar-refractivity contribution in [3.63, 3.8) is 0 Å². The van der Waals surface area contributed by atoms with E-state index in [1.54, 1.807) is 0 Å². The van der Waals surface area contributed by atoms with Crippen LogP contribution in [0.4, 0.5) is 11.9 Å². The second-order valence-corrected chi connectivity index (χ2v) is 5.84. The summed E-state index contributed by atoms with van der Waals surface area (Å²) in [6, 6.07) is 0.822. The van der Waals surface area contributed by atoms with Crippen LogP contribution in [-0.4, -0.2) is 53.7 Å². The number of nitrogens with zero attached hydrogens (tertiary/aromatic N) is 3.